The maximum Gasteiger partial charge on any atom is 0.124 e. The summed E-state index contributed by atoms with van der Waals surface area (Å²) >= 11 is 0. The zero-order chi connectivity index (χ0) is 14.3. The van der Waals surface area contributed by atoms with Crippen LogP contribution in [0.2, 0.25) is 0 Å². The van der Waals surface area contributed by atoms with Crippen molar-refractivity contribution in [3.8, 4) is 11.8 Å². The van der Waals surface area contributed by atoms with Gasteiger partial charge in [-0.05, 0) is 49.7 Å². The first-order valence-corrected chi connectivity index (χ1v) is 6.59. The van der Waals surface area contributed by atoms with Crippen LogP contribution in [0.3, 0.4) is 0 Å². The minimum absolute atomic E-state index is 0.208. The Kier molecular flexibility index (Phi) is 6.55. The minimum Gasteiger partial charge on any atom is -0.384 e. The second-order valence-corrected chi connectivity index (χ2v) is 5.23. The van der Waals surface area contributed by atoms with Crippen molar-refractivity contribution in [1.29, 1.82) is 0 Å². The quantitative estimate of drug-likeness (QED) is 0.826. The Hall–Kier alpha value is -1.37. The number of nitrogens with zero attached hydrogens (tertiary/aromatic N) is 1. The van der Waals surface area contributed by atoms with E-state index < -0.39 is 0 Å². The van der Waals surface area contributed by atoms with Gasteiger partial charge in [0.1, 0.15) is 12.4 Å². The van der Waals surface area contributed by atoms with Crippen LogP contribution in [-0.2, 0) is 6.54 Å². The van der Waals surface area contributed by atoms with E-state index in [1.807, 2.05) is 13.1 Å². The second-order valence-electron chi connectivity index (χ2n) is 5.23. The molecule has 0 radical (unpaired) electrons. The normalized spacial score (nSPS) is 10.7. The van der Waals surface area contributed by atoms with E-state index in [-0.39, 0.29) is 12.4 Å². The smallest absolute Gasteiger partial charge is 0.124 e. The molecule has 0 bridgehead atoms. The van der Waals surface area contributed by atoms with Gasteiger partial charge in [0.15, 0.2) is 0 Å². The molecule has 1 aromatic rings. The summed E-state index contributed by atoms with van der Waals surface area (Å²) in [5.74, 6) is 5.67. The molecule has 0 amide bonds. The molecule has 0 atom stereocenters. The van der Waals surface area contributed by atoms with E-state index in [4.69, 9.17) is 5.11 Å². The van der Waals surface area contributed by atoms with Crippen LogP contribution in [0.1, 0.15) is 31.4 Å². The zero-order valence-electron chi connectivity index (χ0n) is 11.9. The Labute approximate surface area is 115 Å². The number of hydrogen-bond acceptors (Lipinski definition) is 2. The molecule has 0 aliphatic heterocycles. The van der Waals surface area contributed by atoms with Gasteiger partial charge in [0.2, 0.25) is 0 Å². The monoisotopic (exact) mass is 263 g/mol. The maximum absolute atomic E-state index is 13.5. The molecule has 0 unspecified atom stereocenters. The Morgan fingerprint density at radius 1 is 1.32 bits per heavy atom. The number of benzene rings is 1. The largest absolute Gasteiger partial charge is 0.384 e. The highest BCUT2D eigenvalue weighted by Gasteiger charge is 2.04. The molecule has 0 saturated heterocycles. The van der Waals surface area contributed by atoms with Crippen LogP contribution >= 0.6 is 0 Å². The lowest BCUT2D eigenvalue weighted by Gasteiger charge is -2.18. The van der Waals surface area contributed by atoms with Gasteiger partial charge in [-0.3, -0.25) is 0 Å². The molecule has 0 aromatic heterocycles. The highest BCUT2D eigenvalue weighted by molar-refractivity contribution is 5.37. The molecule has 104 valence electrons. The van der Waals surface area contributed by atoms with Crippen molar-refractivity contribution in [1.82, 2.24) is 4.90 Å². The number of hydrogen-bond donors (Lipinski definition) is 1. The van der Waals surface area contributed by atoms with Crippen molar-refractivity contribution in [3.63, 3.8) is 0 Å². The van der Waals surface area contributed by atoms with Crippen LogP contribution in [0.4, 0.5) is 4.39 Å². The van der Waals surface area contributed by atoms with Gasteiger partial charge in [0.05, 0.1) is 0 Å². The van der Waals surface area contributed by atoms with E-state index in [2.05, 4.69) is 30.6 Å². The molecule has 0 spiro atoms. The molecular weight excluding hydrogens is 241 g/mol. The lowest BCUT2D eigenvalue weighted by molar-refractivity contribution is 0.303. The highest BCUT2D eigenvalue weighted by Crippen LogP contribution is 2.11. The summed E-state index contributed by atoms with van der Waals surface area (Å²) < 4.78 is 13.5. The molecule has 0 heterocycles. The molecule has 0 aliphatic carbocycles. The predicted molar refractivity (Wildman–Crippen MR) is 76.2 cm³/mol. The third-order valence-corrected chi connectivity index (χ3v) is 2.81. The Balaban J connectivity index is 2.69. The zero-order valence-corrected chi connectivity index (χ0v) is 11.9. The molecule has 0 aliphatic rings. The standard InChI is InChI=1S/C16H22FNO/c1-13(2)6-7-18(3)12-15-9-14(5-4-8-19)10-16(17)11-15/h9-11,13,19H,6-8,12H2,1-3H3. The topological polar surface area (TPSA) is 23.5 Å². The van der Waals surface area contributed by atoms with Gasteiger partial charge in [-0.25, -0.2) is 4.39 Å². The third-order valence-electron chi connectivity index (χ3n) is 2.81. The molecule has 1 N–H and O–H groups in total. The maximum atomic E-state index is 13.5. The molecule has 3 heteroatoms. The van der Waals surface area contributed by atoms with Gasteiger partial charge in [0, 0.05) is 12.1 Å². The number of aliphatic hydroxyl groups is 1. The average molecular weight is 263 g/mol. The van der Waals surface area contributed by atoms with Crippen molar-refractivity contribution >= 4 is 0 Å². The summed E-state index contributed by atoms with van der Waals surface area (Å²) in [6, 6.07) is 4.80. The van der Waals surface area contributed by atoms with Gasteiger partial charge in [-0.1, -0.05) is 25.7 Å². The van der Waals surface area contributed by atoms with Crippen molar-refractivity contribution in [2.75, 3.05) is 20.2 Å². The van der Waals surface area contributed by atoms with Crippen LogP contribution in [0, 0.1) is 23.6 Å². The van der Waals surface area contributed by atoms with Crippen molar-refractivity contribution < 1.29 is 9.50 Å². The fourth-order valence-corrected chi connectivity index (χ4v) is 1.82. The summed E-state index contributed by atoms with van der Waals surface area (Å²) in [6.45, 7) is 5.88. The highest BCUT2D eigenvalue weighted by atomic mass is 19.1. The average Bonchev–Trinajstić information content (AvgIpc) is 2.33. The van der Waals surface area contributed by atoms with Crippen LogP contribution in [0.15, 0.2) is 18.2 Å². The summed E-state index contributed by atoms with van der Waals surface area (Å²) in [5, 5.41) is 8.66. The lowest BCUT2D eigenvalue weighted by atomic mass is 10.1. The SMILES string of the molecule is CC(C)CCN(C)Cc1cc(F)cc(C#CCO)c1. The molecule has 0 saturated carbocycles. The van der Waals surface area contributed by atoms with E-state index in [9.17, 15) is 4.39 Å². The second kappa shape index (κ2) is 7.93. The van der Waals surface area contributed by atoms with Gasteiger partial charge >= 0.3 is 0 Å². The van der Waals surface area contributed by atoms with Crippen LogP contribution in [-0.4, -0.2) is 30.2 Å². The molecule has 19 heavy (non-hydrogen) atoms. The molecule has 1 aromatic carbocycles. The number of halogens is 1. The summed E-state index contributed by atoms with van der Waals surface area (Å²) in [5.41, 5.74) is 1.52. The van der Waals surface area contributed by atoms with E-state index in [0.717, 1.165) is 18.5 Å². The van der Waals surface area contributed by atoms with Crippen LogP contribution in [0.25, 0.3) is 0 Å². The number of aliphatic hydroxyl groups excluding tert-OH is 1. The van der Waals surface area contributed by atoms with E-state index in [1.165, 1.54) is 12.1 Å². The summed E-state index contributed by atoms with van der Waals surface area (Å²) in [4.78, 5) is 2.18. The van der Waals surface area contributed by atoms with Crippen molar-refractivity contribution in [2.45, 2.75) is 26.8 Å². The van der Waals surface area contributed by atoms with Crippen molar-refractivity contribution in [3.05, 3.63) is 35.1 Å². The molecular formula is C16H22FNO. The van der Waals surface area contributed by atoms with E-state index in [1.54, 1.807) is 0 Å². The molecule has 1 rings (SSSR count). The Morgan fingerprint density at radius 2 is 2.05 bits per heavy atom. The van der Waals surface area contributed by atoms with Gasteiger partial charge < -0.3 is 10.0 Å². The van der Waals surface area contributed by atoms with Gasteiger partial charge in [-0.2, -0.15) is 0 Å². The Bertz CT molecular complexity index is 460. The number of rotatable bonds is 5. The molecule has 2 nitrogen and oxygen atoms in total. The lowest BCUT2D eigenvalue weighted by Crippen LogP contribution is -2.20. The van der Waals surface area contributed by atoms with Gasteiger partial charge in [-0.15, -0.1) is 0 Å². The van der Waals surface area contributed by atoms with Crippen LogP contribution in [0.5, 0.6) is 0 Å². The minimum atomic E-state index is -0.281. The first-order chi connectivity index (χ1) is 9.01. The van der Waals surface area contributed by atoms with Crippen LogP contribution < -0.4 is 0 Å². The van der Waals surface area contributed by atoms with Gasteiger partial charge in [0.25, 0.3) is 0 Å². The Morgan fingerprint density at radius 3 is 2.68 bits per heavy atom. The first-order valence-electron chi connectivity index (χ1n) is 6.59. The fraction of sp³-hybridized carbons (Fsp3) is 0.500. The predicted octanol–water partition coefficient (Wildman–Crippen LogP) is 2.65. The summed E-state index contributed by atoms with van der Waals surface area (Å²) in [6.07, 6.45) is 1.13. The summed E-state index contributed by atoms with van der Waals surface area (Å²) in [7, 11) is 2.03. The fourth-order valence-electron chi connectivity index (χ4n) is 1.82. The third kappa shape index (κ3) is 6.37. The van der Waals surface area contributed by atoms with E-state index in [0.29, 0.717) is 18.0 Å². The van der Waals surface area contributed by atoms with E-state index >= 15 is 0 Å². The van der Waals surface area contributed by atoms with Crippen molar-refractivity contribution in [2.24, 2.45) is 5.92 Å². The first kappa shape index (κ1) is 15.7. The molecule has 0 fully saturated rings.